The molecule has 0 saturated heterocycles. The number of nitrogens with zero attached hydrogens (tertiary/aromatic N) is 1. The van der Waals surface area contributed by atoms with Gasteiger partial charge in [-0.3, -0.25) is 14.6 Å². The molecule has 0 aromatic carbocycles. The number of ketones is 1. The summed E-state index contributed by atoms with van der Waals surface area (Å²) < 4.78 is 42.5. The molecule has 0 spiro atoms. The number of hydrogen-bond donors (Lipinski definition) is 0. The Bertz CT molecular complexity index is 609. The van der Waals surface area contributed by atoms with Crippen LogP contribution in [0.2, 0.25) is 0 Å². The van der Waals surface area contributed by atoms with Crippen LogP contribution in [0.5, 0.6) is 0 Å². The van der Waals surface area contributed by atoms with E-state index in [1.54, 1.807) is 6.07 Å². The number of hydrogen-bond acceptors (Lipinski definition) is 4. The number of rotatable bonds is 3. The molecule has 1 aliphatic rings. The lowest BCUT2D eigenvalue weighted by molar-refractivity contribution is -0.257. The molecule has 1 aliphatic carbocycles. The van der Waals surface area contributed by atoms with Gasteiger partial charge in [0.1, 0.15) is 5.69 Å². The maximum atomic E-state index is 12.7. The molecule has 0 bridgehead atoms. The first-order chi connectivity index (χ1) is 10.1. The largest absolute Gasteiger partial charge is 0.450 e. The third-order valence-corrected chi connectivity index (χ3v) is 3.54. The molecule has 22 heavy (non-hydrogen) atoms. The van der Waals surface area contributed by atoms with E-state index in [0.717, 1.165) is 19.4 Å². The van der Waals surface area contributed by atoms with Crippen LogP contribution < -0.4 is 0 Å². The summed E-state index contributed by atoms with van der Waals surface area (Å²) in [5.74, 6) is -1.03. The molecular formula is C15H16F3NO3. The highest BCUT2D eigenvalue weighted by molar-refractivity contribution is 5.96. The molecule has 0 fully saturated rings. The minimum atomic E-state index is -4.64. The van der Waals surface area contributed by atoms with Crippen molar-refractivity contribution in [3.63, 3.8) is 0 Å². The quantitative estimate of drug-likeness (QED) is 0.805. The number of esters is 1. The Morgan fingerprint density at radius 1 is 1.32 bits per heavy atom. The van der Waals surface area contributed by atoms with Crippen LogP contribution in [0.15, 0.2) is 12.3 Å². The van der Waals surface area contributed by atoms with Gasteiger partial charge in [0.25, 0.3) is 0 Å². The van der Waals surface area contributed by atoms with Gasteiger partial charge in [-0.15, -0.1) is 0 Å². The number of alkyl halides is 3. The van der Waals surface area contributed by atoms with Crippen LogP contribution in [0, 0.1) is 0 Å². The van der Waals surface area contributed by atoms with Gasteiger partial charge >= 0.3 is 12.1 Å². The molecule has 7 heteroatoms. The van der Waals surface area contributed by atoms with E-state index in [4.69, 9.17) is 0 Å². The number of ether oxygens (including phenoxy) is 1. The van der Waals surface area contributed by atoms with Crippen LogP contribution in [0.25, 0.3) is 0 Å². The molecule has 1 heterocycles. The lowest BCUT2D eigenvalue weighted by Gasteiger charge is -2.27. The van der Waals surface area contributed by atoms with E-state index in [2.05, 4.69) is 9.72 Å². The van der Waals surface area contributed by atoms with Crippen molar-refractivity contribution in [1.29, 1.82) is 0 Å². The summed E-state index contributed by atoms with van der Waals surface area (Å²) >= 11 is 0. The van der Waals surface area contributed by atoms with Crippen molar-refractivity contribution in [2.45, 2.75) is 51.3 Å². The number of carbonyl (C=O) groups is 2. The maximum absolute atomic E-state index is 12.7. The van der Waals surface area contributed by atoms with E-state index in [1.165, 1.54) is 6.20 Å². The predicted molar refractivity (Wildman–Crippen MR) is 71.4 cm³/mol. The first-order valence-corrected chi connectivity index (χ1v) is 6.90. The minimum absolute atomic E-state index is 0.0476. The van der Waals surface area contributed by atoms with Gasteiger partial charge in [0, 0.05) is 12.6 Å². The molecule has 0 radical (unpaired) electrons. The summed E-state index contributed by atoms with van der Waals surface area (Å²) in [6, 6.07) is 1.64. The molecule has 0 saturated carbocycles. The van der Waals surface area contributed by atoms with Crippen molar-refractivity contribution in [2.24, 2.45) is 0 Å². The highest BCUT2D eigenvalue weighted by atomic mass is 19.4. The second-order valence-electron chi connectivity index (χ2n) is 5.79. The average molecular weight is 315 g/mol. The third kappa shape index (κ3) is 3.45. The van der Waals surface area contributed by atoms with Gasteiger partial charge in [-0.2, -0.15) is 13.2 Å². The summed E-state index contributed by atoms with van der Waals surface area (Å²) in [6.45, 7) is 1.60. The van der Waals surface area contributed by atoms with E-state index >= 15 is 0 Å². The van der Waals surface area contributed by atoms with Crippen molar-refractivity contribution < 1.29 is 27.5 Å². The first kappa shape index (κ1) is 16.5. The molecule has 0 atom stereocenters. The Kier molecular flexibility index (Phi) is 4.26. The number of aryl methyl sites for hydroxylation is 1. The van der Waals surface area contributed by atoms with Crippen LogP contribution in [0.4, 0.5) is 13.2 Å². The van der Waals surface area contributed by atoms with Crippen molar-refractivity contribution in [1.82, 2.24) is 4.98 Å². The van der Waals surface area contributed by atoms with E-state index in [9.17, 15) is 22.8 Å². The standard InChI is InChI=1S/C15H16F3NO3/c1-14(2,15(16,17)18)22-12(21)7-9-6-10-4-3-5-11(20)13(10)19-8-9/h6,8H,3-5,7H2,1-2H3. The highest BCUT2D eigenvalue weighted by Crippen LogP contribution is 2.33. The van der Waals surface area contributed by atoms with Crippen molar-refractivity contribution in [3.05, 3.63) is 29.1 Å². The summed E-state index contributed by atoms with van der Waals surface area (Å²) in [6.07, 6.45) is -1.78. The van der Waals surface area contributed by atoms with Gasteiger partial charge in [0.05, 0.1) is 6.42 Å². The fraction of sp³-hybridized carbons (Fsp3) is 0.533. The number of pyridine rings is 1. The first-order valence-electron chi connectivity index (χ1n) is 6.90. The fourth-order valence-corrected chi connectivity index (χ4v) is 2.20. The van der Waals surface area contributed by atoms with Crippen LogP contribution in [-0.4, -0.2) is 28.5 Å². The minimum Gasteiger partial charge on any atom is -0.450 e. The molecule has 0 aliphatic heterocycles. The molecule has 2 rings (SSSR count). The topological polar surface area (TPSA) is 56.3 Å². The molecule has 0 amide bonds. The molecule has 0 N–H and O–H groups in total. The lowest BCUT2D eigenvalue weighted by atomic mass is 9.93. The number of aromatic nitrogens is 1. The zero-order chi connectivity index (χ0) is 16.5. The Morgan fingerprint density at radius 3 is 2.64 bits per heavy atom. The zero-order valence-electron chi connectivity index (χ0n) is 12.3. The average Bonchev–Trinajstić information content (AvgIpc) is 2.36. The van der Waals surface area contributed by atoms with Gasteiger partial charge in [-0.05, 0) is 37.8 Å². The Labute approximate surface area is 125 Å². The molecular weight excluding hydrogens is 299 g/mol. The van der Waals surface area contributed by atoms with Gasteiger partial charge < -0.3 is 4.74 Å². The summed E-state index contributed by atoms with van der Waals surface area (Å²) in [5, 5.41) is 0. The van der Waals surface area contributed by atoms with Crippen molar-refractivity contribution in [2.75, 3.05) is 0 Å². The molecule has 120 valence electrons. The van der Waals surface area contributed by atoms with E-state index < -0.39 is 17.7 Å². The highest BCUT2D eigenvalue weighted by Gasteiger charge is 2.50. The number of halogens is 3. The Morgan fingerprint density at radius 2 is 2.00 bits per heavy atom. The van der Waals surface area contributed by atoms with Crippen LogP contribution >= 0.6 is 0 Å². The number of carbonyl (C=O) groups excluding carboxylic acids is 2. The van der Waals surface area contributed by atoms with Gasteiger partial charge in [-0.25, -0.2) is 0 Å². The fourth-order valence-electron chi connectivity index (χ4n) is 2.20. The van der Waals surface area contributed by atoms with Crippen molar-refractivity contribution >= 4 is 11.8 Å². The number of fused-ring (bicyclic) bond motifs is 1. The molecule has 4 nitrogen and oxygen atoms in total. The van der Waals surface area contributed by atoms with E-state index in [1.807, 2.05) is 0 Å². The second-order valence-corrected chi connectivity index (χ2v) is 5.79. The SMILES string of the molecule is CC(C)(OC(=O)Cc1cnc2c(c1)CCCC2=O)C(F)(F)F. The molecule has 1 aromatic rings. The normalized spacial score (nSPS) is 15.4. The summed E-state index contributed by atoms with van der Waals surface area (Å²) in [7, 11) is 0. The zero-order valence-corrected chi connectivity index (χ0v) is 12.3. The summed E-state index contributed by atoms with van der Waals surface area (Å²) in [4.78, 5) is 27.3. The molecule has 0 unspecified atom stereocenters. The monoisotopic (exact) mass is 315 g/mol. The number of Topliss-reactive ketones (excluding diaryl/α,β-unsaturated/α-hetero) is 1. The van der Waals surface area contributed by atoms with E-state index in [-0.39, 0.29) is 12.2 Å². The molecule has 1 aromatic heterocycles. The predicted octanol–water partition coefficient (Wildman–Crippen LogP) is 3.03. The second kappa shape index (κ2) is 5.70. The van der Waals surface area contributed by atoms with Crippen molar-refractivity contribution in [3.8, 4) is 0 Å². The Balaban J connectivity index is 2.08. The van der Waals surface area contributed by atoms with Crippen LogP contribution in [0.1, 0.15) is 48.3 Å². The summed E-state index contributed by atoms with van der Waals surface area (Å²) in [5.41, 5.74) is -0.978. The van der Waals surface area contributed by atoms with E-state index in [0.29, 0.717) is 30.5 Å². The maximum Gasteiger partial charge on any atom is 0.427 e. The van der Waals surface area contributed by atoms with Crippen LogP contribution in [-0.2, 0) is 22.4 Å². The van der Waals surface area contributed by atoms with Gasteiger partial charge in [0.15, 0.2) is 5.78 Å². The van der Waals surface area contributed by atoms with Gasteiger partial charge in [0.2, 0.25) is 5.60 Å². The lowest BCUT2D eigenvalue weighted by Crippen LogP contribution is -2.43. The van der Waals surface area contributed by atoms with Crippen LogP contribution in [0.3, 0.4) is 0 Å². The smallest absolute Gasteiger partial charge is 0.427 e. The Hall–Kier alpha value is -1.92. The third-order valence-electron chi connectivity index (χ3n) is 3.54. The van der Waals surface area contributed by atoms with Gasteiger partial charge in [-0.1, -0.05) is 6.07 Å².